The minimum Gasteiger partial charge on any atom is -0.493 e. The van der Waals surface area contributed by atoms with Crippen LogP contribution in [0.1, 0.15) is 12.8 Å². The lowest BCUT2D eigenvalue weighted by Gasteiger charge is -2.27. The largest absolute Gasteiger partial charge is 0.493 e. The average molecular weight is 257 g/mol. The van der Waals surface area contributed by atoms with Crippen molar-refractivity contribution in [2.45, 2.75) is 18.9 Å². The van der Waals surface area contributed by atoms with Gasteiger partial charge in [-0.15, -0.1) is 0 Å². The van der Waals surface area contributed by atoms with E-state index in [9.17, 15) is 0 Å². The molecule has 2 atom stereocenters. The molecule has 3 nitrogen and oxygen atoms in total. The normalized spacial score (nSPS) is 24.6. The summed E-state index contributed by atoms with van der Waals surface area (Å²) < 4.78 is 11.2. The Balaban J connectivity index is 1.74. The van der Waals surface area contributed by atoms with Gasteiger partial charge in [-0.3, -0.25) is 0 Å². The van der Waals surface area contributed by atoms with Crippen LogP contribution in [-0.2, 0) is 4.74 Å². The Morgan fingerprint density at radius 1 is 1.29 bits per heavy atom. The smallest absolute Gasteiger partial charge is 0.119 e. The molecule has 0 bridgehead atoms. The fourth-order valence-electron chi connectivity index (χ4n) is 1.88. The summed E-state index contributed by atoms with van der Waals surface area (Å²) in [7, 11) is 0. The molecule has 94 valence electrons. The van der Waals surface area contributed by atoms with E-state index in [0.29, 0.717) is 24.2 Å². The van der Waals surface area contributed by atoms with E-state index in [2.05, 4.69) is 0 Å². The van der Waals surface area contributed by atoms with Gasteiger partial charge in [-0.1, -0.05) is 11.6 Å². The van der Waals surface area contributed by atoms with Crippen LogP contribution < -0.4 is 4.74 Å². The lowest BCUT2D eigenvalue weighted by molar-refractivity contribution is -0.0508. The first-order valence-corrected chi connectivity index (χ1v) is 6.26. The van der Waals surface area contributed by atoms with Crippen molar-refractivity contribution in [3.05, 3.63) is 29.3 Å². The van der Waals surface area contributed by atoms with Crippen LogP contribution in [0.5, 0.6) is 5.75 Å². The predicted octanol–water partition coefficient (Wildman–Crippen LogP) is 2.51. The van der Waals surface area contributed by atoms with Gasteiger partial charge in [-0.2, -0.15) is 0 Å². The van der Waals surface area contributed by atoms with Crippen LogP contribution in [0.2, 0.25) is 5.02 Å². The van der Waals surface area contributed by atoms with Gasteiger partial charge in [-0.25, -0.2) is 0 Å². The molecule has 0 spiro atoms. The quantitative estimate of drug-likeness (QED) is 0.900. The Bertz CT molecular complexity index is 331. The zero-order chi connectivity index (χ0) is 12.1. The van der Waals surface area contributed by atoms with Crippen LogP contribution in [0.4, 0.5) is 0 Å². The van der Waals surface area contributed by atoms with Crippen LogP contribution in [0.25, 0.3) is 0 Å². The second kappa shape index (κ2) is 6.24. The maximum absolute atomic E-state index is 8.94. The number of hydrogen-bond acceptors (Lipinski definition) is 3. The fourth-order valence-corrected chi connectivity index (χ4v) is 2.01. The molecule has 1 N–H and O–H groups in total. The maximum atomic E-state index is 8.94. The summed E-state index contributed by atoms with van der Waals surface area (Å²) in [5.41, 5.74) is 0. The number of rotatable bonds is 4. The molecule has 1 fully saturated rings. The van der Waals surface area contributed by atoms with E-state index >= 15 is 0 Å². The predicted molar refractivity (Wildman–Crippen MR) is 66.5 cm³/mol. The van der Waals surface area contributed by atoms with Gasteiger partial charge in [0.1, 0.15) is 5.75 Å². The summed E-state index contributed by atoms with van der Waals surface area (Å²) in [6.07, 6.45) is 1.96. The van der Waals surface area contributed by atoms with E-state index < -0.39 is 0 Å². The molecular formula is C13H17ClO3. The molecule has 1 aliphatic rings. The molecular weight excluding hydrogens is 240 g/mol. The third kappa shape index (κ3) is 3.87. The summed E-state index contributed by atoms with van der Waals surface area (Å²) in [6, 6.07) is 7.36. The van der Waals surface area contributed by atoms with Crippen molar-refractivity contribution in [1.29, 1.82) is 0 Å². The molecule has 2 rings (SSSR count). The van der Waals surface area contributed by atoms with E-state index in [1.165, 1.54) is 0 Å². The third-order valence-electron chi connectivity index (χ3n) is 2.97. The van der Waals surface area contributed by atoms with Gasteiger partial charge < -0.3 is 14.6 Å². The second-order valence-corrected chi connectivity index (χ2v) is 4.78. The molecule has 1 saturated heterocycles. The van der Waals surface area contributed by atoms with E-state index in [0.717, 1.165) is 18.6 Å². The van der Waals surface area contributed by atoms with Gasteiger partial charge >= 0.3 is 0 Å². The minimum absolute atomic E-state index is 0.0155. The highest BCUT2D eigenvalue weighted by atomic mass is 35.5. The highest BCUT2D eigenvalue weighted by Gasteiger charge is 2.21. The molecule has 17 heavy (non-hydrogen) atoms. The van der Waals surface area contributed by atoms with Crippen LogP contribution in [0, 0.1) is 5.92 Å². The molecule has 0 unspecified atom stereocenters. The highest BCUT2D eigenvalue weighted by molar-refractivity contribution is 6.30. The number of aliphatic hydroxyl groups is 1. The molecule has 1 aromatic rings. The number of benzene rings is 1. The van der Waals surface area contributed by atoms with Crippen LogP contribution >= 0.6 is 11.6 Å². The fraction of sp³-hybridized carbons (Fsp3) is 0.538. The van der Waals surface area contributed by atoms with E-state index in [1.54, 1.807) is 0 Å². The first-order valence-electron chi connectivity index (χ1n) is 5.88. The molecule has 0 aromatic heterocycles. The first kappa shape index (κ1) is 12.7. The first-order chi connectivity index (χ1) is 8.28. The summed E-state index contributed by atoms with van der Waals surface area (Å²) in [6.45, 7) is 1.43. The average Bonchev–Trinajstić information content (AvgIpc) is 2.39. The van der Waals surface area contributed by atoms with Gasteiger partial charge in [0.2, 0.25) is 0 Å². The molecule has 1 aliphatic heterocycles. The Kier molecular flexibility index (Phi) is 4.66. The van der Waals surface area contributed by atoms with Crippen molar-refractivity contribution in [3.63, 3.8) is 0 Å². The van der Waals surface area contributed by atoms with Gasteiger partial charge in [-0.05, 0) is 37.1 Å². The molecule has 0 saturated carbocycles. The number of halogens is 1. The molecule has 0 amide bonds. The Morgan fingerprint density at radius 3 is 2.65 bits per heavy atom. The van der Waals surface area contributed by atoms with Crippen molar-refractivity contribution >= 4 is 11.6 Å². The zero-order valence-electron chi connectivity index (χ0n) is 9.64. The van der Waals surface area contributed by atoms with Crippen molar-refractivity contribution in [2.24, 2.45) is 5.92 Å². The summed E-state index contributed by atoms with van der Waals surface area (Å²) in [4.78, 5) is 0. The Labute approximate surface area is 106 Å². The van der Waals surface area contributed by atoms with E-state index in [4.69, 9.17) is 26.2 Å². The van der Waals surface area contributed by atoms with Gasteiger partial charge in [0.25, 0.3) is 0 Å². The van der Waals surface area contributed by atoms with Gasteiger partial charge in [0, 0.05) is 10.9 Å². The minimum atomic E-state index is 0.0155. The molecule has 0 aliphatic carbocycles. The lowest BCUT2D eigenvalue weighted by atomic mass is 9.99. The second-order valence-electron chi connectivity index (χ2n) is 4.35. The topological polar surface area (TPSA) is 38.7 Å². The standard InChI is InChI=1S/C13H17ClO3/c14-11-2-5-12(6-3-11)16-8-10-1-4-13(7-15)17-9-10/h2-3,5-6,10,13,15H,1,4,7-9H2/t10-,13-/m0/s1. The third-order valence-corrected chi connectivity index (χ3v) is 3.22. The number of aliphatic hydroxyl groups excluding tert-OH is 1. The monoisotopic (exact) mass is 256 g/mol. The van der Waals surface area contributed by atoms with E-state index in [-0.39, 0.29) is 12.7 Å². The van der Waals surface area contributed by atoms with Crippen molar-refractivity contribution in [1.82, 2.24) is 0 Å². The number of hydrogen-bond donors (Lipinski definition) is 1. The Hall–Kier alpha value is -0.770. The molecule has 1 aromatic carbocycles. The van der Waals surface area contributed by atoms with Crippen LogP contribution in [0.3, 0.4) is 0 Å². The summed E-state index contributed by atoms with van der Waals surface area (Å²) in [5, 5.41) is 9.65. The van der Waals surface area contributed by atoms with Crippen molar-refractivity contribution in [2.75, 3.05) is 19.8 Å². The van der Waals surface area contributed by atoms with Gasteiger partial charge in [0.15, 0.2) is 0 Å². The van der Waals surface area contributed by atoms with Crippen LogP contribution in [0.15, 0.2) is 24.3 Å². The number of ether oxygens (including phenoxy) is 2. The van der Waals surface area contributed by atoms with E-state index in [1.807, 2.05) is 24.3 Å². The summed E-state index contributed by atoms with van der Waals surface area (Å²) in [5.74, 6) is 1.24. The molecule has 4 heteroatoms. The molecule has 0 radical (unpaired) electrons. The lowest BCUT2D eigenvalue weighted by Crippen LogP contribution is -2.31. The zero-order valence-corrected chi connectivity index (χ0v) is 10.4. The summed E-state index contributed by atoms with van der Waals surface area (Å²) >= 11 is 5.79. The van der Waals surface area contributed by atoms with Crippen molar-refractivity contribution in [3.8, 4) is 5.75 Å². The highest BCUT2D eigenvalue weighted by Crippen LogP contribution is 2.21. The Morgan fingerprint density at radius 2 is 2.06 bits per heavy atom. The van der Waals surface area contributed by atoms with Crippen LogP contribution in [-0.4, -0.2) is 31.0 Å². The SMILES string of the molecule is OC[C@@H]1CC[C@@H](COc2ccc(Cl)cc2)CO1. The van der Waals surface area contributed by atoms with Crippen molar-refractivity contribution < 1.29 is 14.6 Å². The maximum Gasteiger partial charge on any atom is 0.119 e. The molecule has 1 heterocycles. The van der Waals surface area contributed by atoms with Gasteiger partial charge in [0.05, 0.1) is 25.9 Å².